The summed E-state index contributed by atoms with van der Waals surface area (Å²) in [6.45, 7) is 4.50. The maximum absolute atomic E-state index is 11.2. The molecule has 2 heterocycles. The molecule has 1 aliphatic heterocycles. The third-order valence-corrected chi connectivity index (χ3v) is 5.93. The number of nitrogens with two attached hydrogens (primary N) is 2. The predicted octanol–water partition coefficient (Wildman–Crippen LogP) is 0.942. The average molecular weight is 316 g/mol. The van der Waals surface area contributed by atoms with Gasteiger partial charge in [-0.15, -0.1) is 11.3 Å². The fraction of sp³-hybridized carbons (Fsp3) is 0.583. The first kappa shape index (κ1) is 15.3. The number of thiophene rings is 1. The van der Waals surface area contributed by atoms with Gasteiger partial charge in [0.2, 0.25) is 10.0 Å². The number of sulfonamides is 1. The molecule has 4 N–H and O–H groups in total. The van der Waals surface area contributed by atoms with Crippen LogP contribution in [0.15, 0.2) is 21.3 Å². The monoisotopic (exact) mass is 316 g/mol. The van der Waals surface area contributed by atoms with E-state index in [1.807, 2.05) is 0 Å². The minimum atomic E-state index is -3.62. The summed E-state index contributed by atoms with van der Waals surface area (Å²) in [6, 6.07) is 3.23. The van der Waals surface area contributed by atoms with Crippen molar-refractivity contribution in [3.8, 4) is 0 Å². The molecule has 0 aliphatic carbocycles. The van der Waals surface area contributed by atoms with Gasteiger partial charge in [-0.3, -0.25) is 0 Å². The Kier molecular flexibility index (Phi) is 4.66. The van der Waals surface area contributed by atoms with Crippen LogP contribution in [0.2, 0.25) is 0 Å². The molecule has 0 bridgehead atoms. The second-order valence-electron chi connectivity index (χ2n) is 5.11. The lowest BCUT2D eigenvalue weighted by Gasteiger charge is -2.30. The zero-order valence-corrected chi connectivity index (χ0v) is 13.1. The highest BCUT2D eigenvalue weighted by molar-refractivity contribution is 7.91. The van der Waals surface area contributed by atoms with Gasteiger partial charge in [-0.1, -0.05) is 6.92 Å². The van der Waals surface area contributed by atoms with E-state index in [1.165, 1.54) is 6.07 Å². The van der Waals surface area contributed by atoms with Crippen molar-refractivity contribution in [1.29, 1.82) is 0 Å². The van der Waals surface area contributed by atoms with Crippen LogP contribution in [0, 0.1) is 5.92 Å². The van der Waals surface area contributed by atoms with Crippen LogP contribution in [0.4, 0.5) is 0 Å². The van der Waals surface area contributed by atoms with Crippen LogP contribution in [-0.4, -0.2) is 32.4 Å². The Bertz CT molecular complexity index is 586. The second kappa shape index (κ2) is 6.11. The average Bonchev–Trinajstić information content (AvgIpc) is 2.85. The smallest absolute Gasteiger partial charge is 0.247 e. The highest BCUT2D eigenvalue weighted by atomic mass is 32.2. The summed E-state index contributed by atoms with van der Waals surface area (Å²) in [5.41, 5.74) is 5.97. The number of hydrogen-bond donors (Lipinski definition) is 2. The van der Waals surface area contributed by atoms with E-state index in [0.29, 0.717) is 12.5 Å². The van der Waals surface area contributed by atoms with Crippen LogP contribution in [-0.2, 0) is 16.6 Å². The van der Waals surface area contributed by atoms with Gasteiger partial charge in [0.15, 0.2) is 5.96 Å². The molecular weight excluding hydrogens is 296 g/mol. The fourth-order valence-electron chi connectivity index (χ4n) is 2.09. The van der Waals surface area contributed by atoms with E-state index < -0.39 is 10.0 Å². The summed E-state index contributed by atoms with van der Waals surface area (Å²) in [4.78, 5) is 7.25. The van der Waals surface area contributed by atoms with Gasteiger partial charge in [0.05, 0.1) is 6.54 Å². The second-order valence-corrected chi connectivity index (χ2v) is 8.07. The van der Waals surface area contributed by atoms with Crippen LogP contribution >= 0.6 is 11.3 Å². The number of guanidine groups is 1. The molecule has 6 nitrogen and oxygen atoms in total. The lowest BCUT2D eigenvalue weighted by atomic mass is 10.00. The standard InChI is InChI=1S/C12H20N4O2S2/c1-9-4-6-16(7-5-9)12(13)15-8-10-2-3-11(19-10)20(14,17)18/h2-3,9H,4-8H2,1H3,(H2,13,15)(H2,14,17,18). The number of aliphatic imine (C=N–C) groups is 1. The maximum Gasteiger partial charge on any atom is 0.247 e. The minimum Gasteiger partial charge on any atom is -0.370 e. The largest absolute Gasteiger partial charge is 0.370 e. The van der Waals surface area contributed by atoms with Crippen molar-refractivity contribution < 1.29 is 8.42 Å². The molecule has 112 valence electrons. The van der Waals surface area contributed by atoms with Crippen molar-refractivity contribution >= 4 is 27.3 Å². The molecule has 0 unspecified atom stereocenters. The van der Waals surface area contributed by atoms with Gasteiger partial charge in [0.1, 0.15) is 4.21 Å². The Morgan fingerprint density at radius 1 is 1.45 bits per heavy atom. The first-order valence-corrected chi connectivity index (χ1v) is 8.89. The van der Waals surface area contributed by atoms with Gasteiger partial charge >= 0.3 is 0 Å². The van der Waals surface area contributed by atoms with E-state index in [4.69, 9.17) is 10.9 Å². The lowest BCUT2D eigenvalue weighted by molar-refractivity contribution is 0.277. The Hall–Kier alpha value is -1.12. The van der Waals surface area contributed by atoms with E-state index in [-0.39, 0.29) is 4.21 Å². The zero-order valence-electron chi connectivity index (χ0n) is 11.4. The van der Waals surface area contributed by atoms with Crippen molar-refractivity contribution in [3.05, 3.63) is 17.0 Å². The molecule has 1 saturated heterocycles. The molecule has 0 saturated carbocycles. The van der Waals surface area contributed by atoms with Crippen LogP contribution in [0.25, 0.3) is 0 Å². The lowest BCUT2D eigenvalue weighted by Crippen LogP contribution is -2.42. The van der Waals surface area contributed by atoms with Crippen molar-refractivity contribution in [2.45, 2.75) is 30.5 Å². The third kappa shape index (κ3) is 3.94. The number of piperidine rings is 1. The molecule has 1 fully saturated rings. The Balaban J connectivity index is 1.96. The summed E-state index contributed by atoms with van der Waals surface area (Å²) in [6.07, 6.45) is 2.26. The molecule has 2 rings (SSSR count). The van der Waals surface area contributed by atoms with Crippen molar-refractivity contribution in [2.75, 3.05) is 13.1 Å². The van der Waals surface area contributed by atoms with Gasteiger partial charge < -0.3 is 10.6 Å². The highest BCUT2D eigenvalue weighted by Crippen LogP contribution is 2.21. The molecule has 0 radical (unpaired) electrons. The molecule has 0 atom stereocenters. The van der Waals surface area contributed by atoms with Gasteiger partial charge in [-0.25, -0.2) is 18.5 Å². The highest BCUT2D eigenvalue weighted by Gasteiger charge is 2.17. The number of likely N-dealkylation sites (tertiary alicyclic amines) is 1. The molecular formula is C12H20N4O2S2. The molecule has 1 aliphatic rings. The maximum atomic E-state index is 11.2. The fourth-order valence-corrected chi connectivity index (χ4v) is 3.80. The summed E-state index contributed by atoms with van der Waals surface area (Å²) in [5.74, 6) is 1.27. The molecule has 1 aromatic rings. The van der Waals surface area contributed by atoms with Crippen LogP contribution in [0.1, 0.15) is 24.6 Å². The van der Waals surface area contributed by atoms with E-state index >= 15 is 0 Å². The number of primary sulfonamides is 1. The molecule has 20 heavy (non-hydrogen) atoms. The van der Waals surface area contributed by atoms with Crippen molar-refractivity contribution in [1.82, 2.24) is 4.90 Å². The Labute approximate surface area is 123 Å². The molecule has 8 heteroatoms. The van der Waals surface area contributed by atoms with Gasteiger partial charge in [-0.05, 0) is 30.9 Å². The first-order valence-electron chi connectivity index (χ1n) is 6.52. The van der Waals surface area contributed by atoms with E-state index in [1.54, 1.807) is 6.07 Å². The van der Waals surface area contributed by atoms with Crippen LogP contribution < -0.4 is 10.9 Å². The zero-order chi connectivity index (χ0) is 14.8. The van der Waals surface area contributed by atoms with Gasteiger partial charge in [-0.2, -0.15) is 0 Å². The third-order valence-electron chi connectivity index (χ3n) is 3.42. The molecule has 0 amide bonds. The minimum absolute atomic E-state index is 0.160. The van der Waals surface area contributed by atoms with Crippen LogP contribution in [0.3, 0.4) is 0 Å². The Morgan fingerprint density at radius 3 is 2.65 bits per heavy atom. The normalized spacial score (nSPS) is 18.5. The van der Waals surface area contributed by atoms with Crippen molar-refractivity contribution in [2.24, 2.45) is 21.8 Å². The Morgan fingerprint density at radius 2 is 2.10 bits per heavy atom. The number of rotatable bonds is 3. The molecule has 1 aromatic heterocycles. The first-order chi connectivity index (χ1) is 9.36. The van der Waals surface area contributed by atoms with Gasteiger partial charge in [0, 0.05) is 18.0 Å². The number of hydrogen-bond acceptors (Lipinski definition) is 4. The summed E-state index contributed by atoms with van der Waals surface area (Å²) in [7, 11) is -3.62. The SMILES string of the molecule is CC1CCN(C(N)=NCc2ccc(S(N)(=O)=O)s2)CC1. The van der Waals surface area contributed by atoms with Crippen LogP contribution in [0.5, 0.6) is 0 Å². The predicted molar refractivity (Wildman–Crippen MR) is 81.0 cm³/mol. The number of nitrogens with zero attached hydrogens (tertiary/aromatic N) is 2. The van der Waals surface area contributed by atoms with E-state index in [0.717, 1.165) is 48.1 Å². The quantitative estimate of drug-likeness (QED) is 0.640. The molecule has 0 aromatic carbocycles. The summed E-state index contributed by atoms with van der Waals surface area (Å²) < 4.78 is 22.5. The molecule has 0 spiro atoms. The summed E-state index contributed by atoms with van der Waals surface area (Å²) in [5, 5.41) is 5.07. The van der Waals surface area contributed by atoms with Gasteiger partial charge in [0.25, 0.3) is 0 Å². The topological polar surface area (TPSA) is 102 Å². The summed E-state index contributed by atoms with van der Waals surface area (Å²) >= 11 is 1.13. The van der Waals surface area contributed by atoms with Crippen molar-refractivity contribution in [3.63, 3.8) is 0 Å². The van der Waals surface area contributed by atoms with E-state index in [2.05, 4.69) is 16.8 Å². The van der Waals surface area contributed by atoms with E-state index in [9.17, 15) is 8.42 Å².